The fourth-order valence-electron chi connectivity index (χ4n) is 1.77. The number of halogens is 3. The molecule has 8 nitrogen and oxygen atoms in total. The Bertz CT molecular complexity index is 761. The third kappa shape index (κ3) is 6.03. The summed E-state index contributed by atoms with van der Waals surface area (Å²) in [4.78, 5) is 40.5. The van der Waals surface area contributed by atoms with Crippen molar-refractivity contribution in [1.82, 2.24) is 4.98 Å². The number of nitrogens with zero attached hydrogens (tertiary/aromatic N) is 2. The average Bonchev–Trinajstić information content (AvgIpc) is 2.39. The highest BCUT2D eigenvalue weighted by atomic mass is 79.9. The van der Waals surface area contributed by atoms with Crippen LogP contribution in [0.5, 0.6) is 0 Å². The van der Waals surface area contributed by atoms with Crippen molar-refractivity contribution in [3.63, 3.8) is 0 Å². The van der Waals surface area contributed by atoms with Gasteiger partial charge in [-0.3, -0.25) is 0 Å². The van der Waals surface area contributed by atoms with E-state index in [2.05, 4.69) is 20.9 Å². The maximum absolute atomic E-state index is 14.7. The molecular weight excluding hydrogens is 451 g/mol. The van der Waals surface area contributed by atoms with E-state index in [-0.39, 0.29) is 9.50 Å². The molecule has 27 heavy (non-hydrogen) atoms. The van der Waals surface area contributed by atoms with Gasteiger partial charge in [0.05, 0.1) is 0 Å². The van der Waals surface area contributed by atoms with Gasteiger partial charge in [-0.15, -0.1) is 0 Å². The summed E-state index contributed by atoms with van der Waals surface area (Å²) in [6, 6.07) is 0. The Morgan fingerprint density at radius 2 is 1.48 bits per heavy atom. The summed E-state index contributed by atoms with van der Waals surface area (Å²) in [6.45, 7) is 9.10. The maximum Gasteiger partial charge on any atom is 0.424 e. The van der Waals surface area contributed by atoms with Crippen LogP contribution in [-0.4, -0.2) is 39.4 Å². The lowest BCUT2D eigenvalue weighted by atomic mass is 10.2. The number of imide groups is 1. The van der Waals surface area contributed by atoms with Gasteiger partial charge in [0.2, 0.25) is 0 Å². The number of rotatable bonds is 2. The van der Waals surface area contributed by atoms with Crippen molar-refractivity contribution in [3.05, 3.63) is 21.1 Å². The number of amides is 2. The zero-order valence-corrected chi connectivity index (χ0v) is 17.9. The van der Waals surface area contributed by atoms with Crippen molar-refractivity contribution < 1.29 is 33.4 Å². The van der Waals surface area contributed by atoms with Crippen LogP contribution in [0.3, 0.4) is 0 Å². The second kappa shape index (κ2) is 7.97. The molecule has 0 unspecified atom stereocenters. The van der Waals surface area contributed by atoms with Crippen molar-refractivity contribution in [2.24, 2.45) is 0 Å². The van der Waals surface area contributed by atoms with Crippen LogP contribution in [0.4, 0.5) is 19.7 Å². The highest BCUT2D eigenvalue weighted by Gasteiger charge is 2.39. The minimum Gasteiger partial charge on any atom is -0.478 e. The SMILES string of the molecule is CC(C)(C)OC(=O)N(C(=O)OC(C)(C)C)c1c(F)c(Cl)nc(Br)c1C(=O)O. The predicted octanol–water partition coefficient (Wildman–Crippen LogP) is 5.01. The molecule has 150 valence electrons. The van der Waals surface area contributed by atoms with Gasteiger partial charge >= 0.3 is 18.2 Å². The van der Waals surface area contributed by atoms with Gasteiger partial charge in [0.15, 0.2) is 11.0 Å². The van der Waals surface area contributed by atoms with E-state index in [0.717, 1.165) is 0 Å². The molecule has 0 fully saturated rings. The summed E-state index contributed by atoms with van der Waals surface area (Å²) in [7, 11) is 0. The molecule has 0 aliphatic rings. The van der Waals surface area contributed by atoms with E-state index >= 15 is 0 Å². The molecular formula is C16H19BrClFN2O6. The van der Waals surface area contributed by atoms with E-state index in [9.17, 15) is 23.9 Å². The summed E-state index contributed by atoms with van der Waals surface area (Å²) in [5, 5.41) is 8.68. The quantitative estimate of drug-likeness (QED) is 0.607. The molecule has 11 heteroatoms. The van der Waals surface area contributed by atoms with Crippen molar-refractivity contribution >= 4 is 51.4 Å². The van der Waals surface area contributed by atoms with Gasteiger partial charge < -0.3 is 14.6 Å². The van der Waals surface area contributed by atoms with Gasteiger partial charge in [-0.1, -0.05) is 11.6 Å². The van der Waals surface area contributed by atoms with E-state index in [1.807, 2.05) is 0 Å². The fourth-order valence-corrected chi connectivity index (χ4v) is 2.58. The molecule has 0 spiro atoms. The number of carbonyl (C=O) groups is 3. The topological polar surface area (TPSA) is 106 Å². The van der Waals surface area contributed by atoms with E-state index in [1.165, 1.54) is 41.5 Å². The van der Waals surface area contributed by atoms with E-state index in [4.69, 9.17) is 21.1 Å². The molecule has 0 saturated carbocycles. The summed E-state index contributed by atoms with van der Waals surface area (Å²) < 4.78 is 24.5. The van der Waals surface area contributed by atoms with Gasteiger partial charge in [-0.05, 0) is 57.5 Å². The van der Waals surface area contributed by atoms with Crippen LogP contribution in [0.25, 0.3) is 0 Å². The van der Waals surface area contributed by atoms with Gasteiger partial charge in [-0.2, -0.15) is 4.90 Å². The lowest BCUT2D eigenvalue weighted by Crippen LogP contribution is -2.45. The minimum atomic E-state index is -1.66. The van der Waals surface area contributed by atoms with Crippen molar-refractivity contribution in [2.45, 2.75) is 52.7 Å². The van der Waals surface area contributed by atoms with E-state index < -0.39 is 51.6 Å². The smallest absolute Gasteiger partial charge is 0.424 e. The van der Waals surface area contributed by atoms with Gasteiger partial charge in [0.25, 0.3) is 0 Å². The van der Waals surface area contributed by atoms with Crippen molar-refractivity contribution in [3.8, 4) is 0 Å². The second-order valence-corrected chi connectivity index (χ2v) is 8.44. The minimum absolute atomic E-state index is 0.146. The zero-order chi connectivity index (χ0) is 21.3. The molecule has 1 rings (SSSR count). The molecule has 1 heterocycles. The predicted molar refractivity (Wildman–Crippen MR) is 98.8 cm³/mol. The van der Waals surface area contributed by atoms with E-state index in [1.54, 1.807) is 0 Å². The zero-order valence-electron chi connectivity index (χ0n) is 15.5. The van der Waals surface area contributed by atoms with Crippen LogP contribution in [-0.2, 0) is 9.47 Å². The Balaban J connectivity index is 3.72. The lowest BCUT2D eigenvalue weighted by molar-refractivity contribution is 0.0428. The van der Waals surface area contributed by atoms with Crippen molar-refractivity contribution in [1.29, 1.82) is 0 Å². The number of ether oxygens (including phenoxy) is 2. The number of pyridine rings is 1. The Kier molecular flexibility index (Phi) is 6.82. The Morgan fingerprint density at radius 1 is 1.07 bits per heavy atom. The third-order valence-electron chi connectivity index (χ3n) is 2.62. The Labute approximate surface area is 168 Å². The number of carboxylic acid groups (broad SMARTS) is 1. The highest BCUT2D eigenvalue weighted by molar-refractivity contribution is 9.10. The van der Waals surface area contributed by atoms with Crippen LogP contribution in [0.15, 0.2) is 4.60 Å². The maximum atomic E-state index is 14.7. The van der Waals surface area contributed by atoms with Crippen LogP contribution in [0.1, 0.15) is 51.9 Å². The molecule has 0 saturated heterocycles. The third-order valence-corrected chi connectivity index (χ3v) is 3.44. The fraction of sp³-hybridized carbons (Fsp3) is 0.500. The number of aromatic carboxylic acids is 1. The standard InChI is InChI=1S/C16H19BrClFN2O6/c1-15(2,3)26-13(24)21(14(25)27-16(4,5)6)9-7(12(22)23)10(17)20-11(18)8(9)19/h1-6H3,(H,22,23). The number of carboxylic acids is 1. The van der Waals surface area contributed by atoms with Crippen LogP contribution >= 0.6 is 27.5 Å². The van der Waals surface area contributed by atoms with Crippen LogP contribution in [0.2, 0.25) is 5.15 Å². The molecule has 0 aromatic carbocycles. The first-order valence-corrected chi connectivity index (χ1v) is 8.76. The lowest BCUT2D eigenvalue weighted by Gasteiger charge is -2.29. The molecule has 0 radical (unpaired) electrons. The summed E-state index contributed by atoms with van der Waals surface area (Å²) in [5.41, 5.74) is -3.87. The molecule has 1 aromatic rings. The first-order chi connectivity index (χ1) is 12.0. The first-order valence-electron chi connectivity index (χ1n) is 7.59. The first kappa shape index (κ1) is 23.1. The number of carbonyl (C=O) groups excluding carboxylic acids is 2. The number of hydrogen-bond donors (Lipinski definition) is 1. The van der Waals surface area contributed by atoms with Crippen LogP contribution < -0.4 is 4.90 Å². The van der Waals surface area contributed by atoms with Crippen LogP contribution in [0, 0.1) is 5.82 Å². The highest BCUT2D eigenvalue weighted by Crippen LogP contribution is 2.35. The Hall–Kier alpha value is -1.94. The average molecular weight is 470 g/mol. The monoisotopic (exact) mass is 468 g/mol. The second-order valence-electron chi connectivity index (χ2n) is 7.33. The molecule has 0 aliphatic carbocycles. The number of hydrogen-bond acceptors (Lipinski definition) is 6. The summed E-state index contributed by atoms with van der Waals surface area (Å²) in [6.07, 6.45) is -2.68. The van der Waals surface area contributed by atoms with E-state index in [0.29, 0.717) is 0 Å². The molecule has 1 N–H and O–H groups in total. The van der Waals surface area contributed by atoms with Crippen molar-refractivity contribution in [2.75, 3.05) is 4.90 Å². The molecule has 0 aliphatic heterocycles. The largest absolute Gasteiger partial charge is 0.478 e. The normalized spacial score (nSPS) is 11.7. The molecule has 2 amide bonds. The molecule has 1 aromatic heterocycles. The van der Waals surface area contributed by atoms with Gasteiger partial charge in [0.1, 0.15) is 27.1 Å². The molecule has 0 atom stereocenters. The number of aromatic nitrogens is 1. The Morgan fingerprint density at radius 3 is 1.81 bits per heavy atom. The summed E-state index contributed by atoms with van der Waals surface area (Å²) in [5.74, 6) is -3.05. The van der Waals surface area contributed by atoms with Gasteiger partial charge in [-0.25, -0.2) is 23.8 Å². The summed E-state index contributed by atoms with van der Waals surface area (Å²) >= 11 is 8.52. The van der Waals surface area contributed by atoms with Gasteiger partial charge in [0, 0.05) is 0 Å². The molecule has 0 bridgehead atoms. The number of anilines is 1.